The molecule has 2 rings (SSSR count). The molecule has 100 valence electrons. The number of carbonyl (C=O) groups is 1. The molecule has 19 heavy (non-hydrogen) atoms. The summed E-state index contributed by atoms with van der Waals surface area (Å²) in [5.74, 6) is -1.31. The smallest absolute Gasteiger partial charge is 0.315 e. The van der Waals surface area contributed by atoms with Gasteiger partial charge in [0.15, 0.2) is 0 Å². The van der Waals surface area contributed by atoms with Crippen molar-refractivity contribution in [3.05, 3.63) is 39.6 Å². The molecule has 1 heterocycles. The summed E-state index contributed by atoms with van der Waals surface area (Å²) in [5, 5.41) is 11.5. The van der Waals surface area contributed by atoms with E-state index in [1.807, 2.05) is 0 Å². The van der Waals surface area contributed by atoms with Crippen molar-refractivity contribution in [3.8, 4) is 10.6 Å². The number of hydrogen-bond donors (Lipinski definition) is 1. The third-order valence-electron chi connectivity index (χ3n) is 2.85. The topological polar surface area (TPSA) is 50.2 Å². The fourth-order valence-electron chi connectivity index (χ4n) is 1.43. The van der Waals surface area contributed by atoms with E-state index in [4.69, 9.17) is 5.11 Å². The average molecular weight is 344 g/mol. The van der Waals surface area contributed by atoms with Crippen molar-refractivity contribution in [1.82, 2.24) is 4.98 Å². The molecule has 0 radical (unpaired) electrons. The first-order valence-electron chi connectivity index (χ1n) is 5.47. The molecular formula is C13H11BrFNO2S. The number of hydrogen-bond acceptors (Lipinski definition) is 3. The Hall–Kier alpha value is -1.27. The van der Waals surface area contributed by atoms with Gasteiger partial charge in [0.05, 0.1) is 10.2 Å². The van der Waals surface area contributed by atoms with Gasteiger partial charge in [0, 0.05) is 10.9 Å². The van der Waals surface area contributed by atoms with Crippen LogP contribution >= 0.6 is 27.3 Å². The molecule has 3 nitrogen and oxygen atoms in total. The van der Waals surface area contributed by atoms with Crippen LogP contribution in [-0.4, -0.2) is 16.1 Å². The quantitative estimate of drug-likeness (QED) is 0.913. The van der Waals surface area contributed by atoms with Crippen LogP contribution in [-0.2, 0) is 10.2 Å². The minimum Gasteiger partial charge on any atom is -0.481 e. The molecule has 0 fully saturated rings. The predicted octanol–water partition coefficient (Wildman–Crippen LogP) is 4.07. The highest BCUT2D eigenvalue weighted by Gasteiger charge is 2.32. The zero-order chi connectivity index (χ0) is 14.2. The summed E-state index contributed by atoms with van der Waals surface area (Å²) >= 11 is 4.39. The van der Waals surface area contributed by atoms with Crippen LogP contribution in [0.5, 0.6) is 0 Å². The molecule has 0 atom stereocenters. The van der Waals surface area contributed by atoms with E-state index in [0.717, 1.165) is 0 Å². The molecule has 0 saturated heterocycles. The Morgan fingerprint density at radius 1 is 1.47 bits per heavy atom. The maximum absolute atomic E-state index is 13.5. The van der Waals surface area contributed by atoms with E-state index in [0.29, 0.717) is 20.7 Å². The highest BCUT2D eigenvalue weighted by atomic mass is 79.9. The van der Waals surface area contributed by atoms with Crippen LogP contribution < -0.4 is 0 Å². The second kappa shape index (κ2) is 5.02. The lowest BCUT2D eigenvalue weighted by molar-refractivity contribution is -0.142. The van der Waals surface area contributed by atoms with Crippen molar-refractivity contribution in [2.45, 2.75) is 19.3 Å². The highest BCUT2D eigenvalue weighted by Crippen LogP contribution is 2.31. The summed E-state index contributed by atoms with van der Waals surface area (Å²) in [6.07, 6.45) is 0. The Morgan fingerprint density at radius 3 is 2.74 bits per heavy atom. The summed E-state index contributed by atoms with van der Waals surface area (Å²) in [5.41, 5.74) is 0.0595. The van der Waals surface area contributed by atoms with Crippen LogP contribution in [0.4, 0.5) is 4.39 Å². The Bertz CT molecular complexity index is 639. The van der Waals surface area contributed by atoms with E-state index in [1.54, 1.807) is 31.4 Å². The third kappa shape index (κ3) is 2.69. The number of benzene rings is 1. The molecule has 1 aromatic carbocycles. The lowest BCUT2D eigenvalue weighted by Gasteiger charge is -2.15. The van der Waals surface area contributed by atoms with Crippen LogP contribution in [0.2, 0.25) is 0 Å². The molecule has 0 aliphatic rings. The van der Waals surface area contributed by atoms with E-state index >= 15 is 0 Å². The summed E-state index contributed by atoms with van der Waals surface area (Å²) < 4.78 is 13.9. The molecular weight excluding hydrogens is 333 g/mol. The monoisotopic (exact) mass is 343 g/mol. The Morgan fingerprint density at radius 2 is 2.16 bits per heavy atom. The van der Waals surface area contributed by atoms with Gasteiger partial charge in [0.25, 0.3) is 0 Å². The van der Waals surface area contributed by atoms with Crippen molar-refractivity contribution in [3.63, 3.8) is 0 Å². The molecule has 0 aliphatic heterocycles. The lowest BCUT2D eigenvalue weighted by Crippen LogP contribution is -2.28. The van der Waals surface area contributed by atoms with Crippen molar-refractivity contribution < 1.29 is 14.3 Å². The van der Waals surface area contributed by atoms with Gasteiger partial charge in [-0.15, -0.1) is 11.3 Å². The fourth-order valence-corrected chi connectivity index (χ4v) is 2.66. The van der Waals surface area contributed by atoms with Gasteiger partial charge in [-0.25, -0.2) is 9.37 Å². The highest BCUT2D eigenvalue weighted by molar-refractivity contribution is 9.10. The first-order chi connectivity index (χ1) is 8.82. The molecule has 2 aromatic rings. The first-order valence-corrected chi connectivity index (χ1v) is 7.14. The number of nitrogens with zero attached hydrogens (tertiary/aromatic N) is 1. The fraction of sp³-hybridized carbons (Fsp3) is 0.231. The van der Waals surface area contributed by atoms with Crippen LogP contribution in [0.25, 0.3) is 10.6 Å². The van der Waals surface area contributed by atoms with E-state index in [2.05, 4.69) is 20.9 Å². The molecule has 1 N–H and O–H groups in total. The summed E-state index contributed by atoms with van der Waals surface area (Å²) in [4.78, 5) is 15.5. The van der Waals surface area contributed by atoms with Crippen molar-refractivity contribution in [1.29, 1.82) is 0 Å². The van der Waals surface area contributed by atoms with Gasteiger partial charge < -0.3 is 5.11 Å². The third-order valence-corrected chi connectivity index (χ3v) is 4.38. The number of halogens is 2. The van der Waals surface area contributed by atoms with E-state index < -0.39 is 11.4 Å². The number of thiazole rings is 1. The van der Waals surface area contributed by atoms with E-state index in [-0.39, 0.29) is 5.82 Å². The number of carboxylic acids is 1. The SMILES string of the molecule is CC(C)(C(=O)O)c1csc(-c2ccc(Br)c(F)c2)n1. The standard InChI is InChI=1S/C13H11BrFNO2S/c1-13(2,12(17)18)10-6-19-11(16-10)7-3-4-8(14)9(15)5-7/h3-6H,1-2H3,(H,17,18). The minimum absolute atomic E-state index is 0.369. The Balaban J connectivity index is 2.41. The second-order valence-corrected chi connectivity index (χ2v) is 6.31. The Labute approximate surface area is 122 Å². The number of carboxylic acid groups (broad SMARTS) is 1. The van der Waals surface area contributed by atoms with Gasteiger partial charge >= 0.3 is 5.97 Å². The van der Waals surface area contributed by atoms with Gasteiger partial charge in [-0.1, -0.05) is 6.07 Å². The molecule has 1 aromatic heterocycles. The van der Waals surface area contributed by atoms with Gasteiger partial charge in [-0.2, -0.15) is 0 Å². The molecule has 0 saturated carbocycles. The molecule has 0 bridgehead atoms. The minimum atomic E-state index is -1.05. The number of aliphatic carboxylic acids is 1. The molecule has 0 unspecified atom stereocenters. The van der Waals surface area contributed by atoms with Crippen molar-refractivity contribution in [2.24, 2.45) is 0 Å². The van der Waals surface area contributed by atoms with Gasteiger partial charge in [-0.05, 0) is 41.9 Å². The lowest BCUT2D eigenvalue weighted by atomic mass is 9.90. The normalized spacial score (nSPS) is 11.6. The summed E-state index contributed by atoms with van der Waals surface area (Å²) in [6, 6.07) is 4.72. The van der Waals surface area contributed by atoms with Crippen LogP contribution in [0.3, 0.4) is 0 Å². The number of aromatic nitrogens is 1. The van der Waals surface area contributed by atoms with E-state index in [1.165, 1.54) is 17.4 Å². The summed E-state index contributed by atoms with van der Waals surface area (Å²) in [6.45, 7) is 3.19. The van der Waals surface area contributed by atoms with Crippen molar-refractivity contribution >= 4 is 33.2 Å². The first kappa shape index (κ1) is 14.1. The molecule has 0 aliphatic carbocycles. The zero-order valence-electron chi connectivity index (χ0n) is 10.3. The maximum Gasteiger partial charge on any atom is 0.315 e. The molecule has 0 spiro atoms. The van der Waals surface area contributed by atoms with Crippen LogP contribution in [0.15, 0.2) is 28.1 Å². The second-order valence-electron chi connectivity index (χ2n) is 4.60. The molecule has 0 amide bonds. The Kier molecular flexibility index (Phi) is 3.73. The number of rotatable bonds is 3. The van der Waals surface area contributed by atoms with Gasteiger partial charge in [0.1, 0.15) is 16.2 Å². The van der Waals surface area contributed by atoms with Gasteiger partial charge in [0.2, 0.25) is 0 Å². The largest absolute Gasteiger partial charge is 0.481 e. The zero-order valence-corrected chi connectivity index (χ0v) is 12.7. The van der Waals surface area contributed by atoms with Crippen molar-refractivity contribution in [2.75, 3.05) is 0 Å². The average Bonchev–Trinajstić information content (AvgIpc) is 2.82. The van der Waals surface area contributed by atoms with E-state index in [9.17, 15) is 9.18 Å². The predicted molar refractivity (Wildman–Crippen MR) is 75.9 cm³/mol. The van der Waals surface area contributed by atoms with Gasteiger partial charge in [-0.3, -0.25) is 4.79 Å². The van der Waals surface area contributed by atoms with Crippen LogP contribution in [0, 0.1) is 5.82 Å². The summed E-state index contributed by atoms with van der Waals surface area (Å²) in [7, 11) is 0. The maximum atomic E-state index is 13.5. The van der Waals surface area contributed by atoms with Crippen LogP contribution in [0.1, 0.15) is 19.5 Å². The molecule has 6 heteroatoms.